The molecule has 2 unspecified atom stereocenters. The summed E-state index contributed by atoms with van der Waals surface area (Å²) in [7, 11) is 0. The average Bonchev–Trinajstić information content (AvgIpc) is 2.37. The largest absolute Gasteiger partial charge is 0.444 e. The number of rotatable bonds is 5. The second kappa shape index (κ2) is 7.87. The molecular weight excluding hydrogens is 252 g/mol. The highest BCUT2D eigenvalue weighted by Gasteiger charge is 2.30. The Bertz CT molecular complexity index is 299. The highest BCUT2D eigenvalue weighted by molar-refractivity contribution is 5.68. The van der Waals surface area contributed by atoms with Gasteiger partial charge in [-0.25, -0.2) is 4.79 Å². The van der Waals surface area contributed by atoms with Gasteiger partial charge in [0, 0.05) is 19.1 Å². The van der Waals surface area contributed by atoms with Gasteiger partial charge in [0.1, 0.15) is 5.60 Å². The van der Waals surface area contributed by atoms with Gasteiger partial charge in [-0.1, -0.05) is 20.3 Å². The van der Waals surface area contributed by atoms with Gasteiger partial charge < -0.3 is 15.0 Å². The van der Waals surface area contributed by atoms with Crippen LogP contribution in [0.5, 0.6) is 0 Å². The number of hydrogen-bond donors (Lipinski definition) is 1. The van der Waals surface area contributed by atoms with Crippen molar-refractivity contribution in [2.75, 3.05) is 19.6 Å². The summed E-state index contributed by atoms with van der Waals surface area (Å²) in [5.41, 5.74) is -0.413. The van der Waals surface area contributed by atoms with Gasteiger partial charge in [0.25, 0.3) is 0 Å². The summed E-state index contributed by atoms with van der Waals surface area (Å²) < 4.78 is 5.52. The summed E-state index contributed by atoms with van der Waals surface area (Å²) in [5, 5.41) is 3.50. The minimum Gasteiger partial charge on any atom is -0.444 e. The van der Waals surface area contributed by atoms with Crippen LogP contribution >= 0.6 is 0 Å². The standard InChI is InChI=1S/C16H32N2O2/c1-6-13(2)11-17-12-14-9-7-8-10-18(14)15(19)20-16(3,4)5/h13-14,17H,6-12H2,1-5H3. The van der Waals surface area contributed by atoms with E-state index >= 15 is 0 Å². The molecule has 4 heteroatoms. The van der Waals surface area contributed by atoms with Crippen LogP contribution < -0.4 is 5.32 Å². The van der Waals surface area contributed by atoms with Gasteiger partial charge in [0.2, 0.25) is 0 Å². The highest BCUT2D eigenvalue weighted by atomic mass is 16.6. The molecule has 0 aromatic carbocycles. The first-order valence-electron chi connectivity index (χ1n) is 8.03. The van der Waals surface area contributed by atoms with Crippen LogP contribution in [0.2, 0.25) is 0 Å². The van der Waals surface area contributed by atoms with Crippen LogP contribution in [0.1, 0.15) is 60.3 Å². The minimum atomic E-state index is -0.413. The monoisotopic (exact) mass is 284 g/mol. The van der Waals surface area contributed by atoms with E-state index in [2.05, 4.69) is 19.2 Å². The number of piperidine rings is 1. The first-order chi connectivity index (χ1) is 9.33. The van der Waals surface area contributed by atoms with Gasteiger partial charge in [-0.2, -0.15) is 0 Å². The summed E-state index contributed by atoms with van der Waals surface area (Å²) in [6.07, 6.45) is 4.39. The molecule has 0 radical (unpaired) electrons. The molecule has 0 spiro atoms. The zero-order valence-electron chi connectivity index (χ0n) is 13.9. The number of likely N-dealkylation sites (tertiary alicyclic amines) is 1. The van der Waals surface area contributed by atoms with E-state index in [1.165, 1.54) is 12.8 Å². The summed E-state index contributed by atoms with van der Waals surface area (Å²) in [6, 6.07) is 0.280. The molecule has 1 fully saturated rings. The van der Waals surface area contributed by atoms with E-state index in [4.69, 9.17) is 4.74 Å². The third-order valence-corrected chi connectivity index (χ3v) is 3.82. The van der Waals surface area contributed by atoms with Crippen molar-refractivity contribution in [3.05, 3.63) is 0 Å². The Balaban J connectivity index is 2.47. The summed E-state index contributed by atoms with van der Waals surface area (Å²) >= 11 is 0. The van der Waals surface area contributed by atoms with Crippen molar-refractivity contribution in [1.82, 2.24) is 10.2 Å². The molecule has 20 heavy (non-hydrogen) atoms. The Morgan fingerprint density at radius 2 is 2.10 bits per heavy atom. The van der Waals surface area contributed by atoms with Crippen LogP contribution in [-0.4, -0.2) is 42.3 Å². The first-order valence-corrected chi connectivity index (χ1v) is 8.03. The van der Waals surface area contributed by atoms with Crippen LogP contribution in [0.15, 0.2) is 0 Å². The fourth-order valence-corrected chi connectivity index (χ4v) is 2.41. The Hall–Kier alpha value is -0.770. The number of nitrogens with zero attached hydrogens (tertiary/aromatic N) is 1. The highest BCUT2D eigenvalue weighted by Crippen LogP contribution is 2.20. The molecule has 0 bridgehead atoms. The molecule has 0 aromatic heterocycles. The molecule has 0 aromatic rings. The Morgan fingerprint density at radius 1 is 1.40 bits per heavy atom. The molecule has 1 amide bonds. The number of carbonyl (C=O) groups excluding carboxylic acids is 1. The van der Waals surface area contributed by atoms with Crippen LogP contribution in [-0.2, 0) is 4.74 Å². The van der Waals surface area contributed by atoms with E-state index < -0.39 is 5.60 Å². The molecule has 1 N–H and O–H groups in total. The van der Waals surface area contributed by atoms with E-state index in [1.807, 2.05) is 25.7 Å². The summed E-state index contributed by atoms with van der Waals surface area (Å²) in [4.78, 5) is 14.2. The third-order valence-electron chi connectivity index (χ3n) is 3.82. The molecule has 1 aliphatic rings. The predicted molar refractivity (Wildman–Crippen MR) is 82.9 cm³/mol. The Kier molecular flexibility index (Phi) is 6.80. The molecule has 1 saturated heterocycles. The lowest BCUT2D eigenvalue weighted by molar-refractivity contribution is 0.00990. The molecule has 1 aliphatic heterocycles. The van der Waals surface area contributed by atoms with Gasteiger partial charge in [-0.05, 0) is 52.5 Å². The topological polar surface area (TPSA) is 41.6 Å². The molecule has 0 saturated carbocycles. The molecule has 1 heterocycles. The van der Waals surface area contributed by atoms with Gasteiger partial charge in [-0.15, -0.1) is 0 Å². The van der Waals surface area contributed by atoms with Crippen molar-refractivity contribution in [3.63, 3.8) is 0 Å². The number of nitrogens with one attached hydrogen (secondary N) is 1. The smallest absolute Gasteiger partial charge is 0.410 e. The first kappa shape index (κ1) is 17.3. The quantitative estimate of drug-likeness (QED) is 0.841. The summed E-state index contributed by atoms with van der Waals surface area (Å²) in [6.45, 7) is 12.9. The summed E-state index contributed by atoms with van der Waals surface area (Å²) in [5.74, 6) is 0.688. The predicted octanol–water partition coefficient (Wildman–Crippen LogP) is 3.41. The van der Waals surface area contributed by atoms with E-state index in [0.29, 0.717) is 5.92 Å². The lowest BCUT2D eigenvalue weighted by Gasteiger charge is -2.37. The van der Waals surface area contributed by atoms with Crippen molar-refractivity contribution >= 4 is 6.09 Å². The maximum Gasteiger partial charge on any atom is 0.410 e. The van der Waals surface area contributed by atoms with E-state index in [-0.39, 0.29) is 12.1 Å². The van der Waals surface area contributed by atoms with Crippen LogP contribution in [0.25, 0.3) is 0 Å². The molecule has 2 atom stereocenters. The molecule has 4 nitrogen and oxygen atoms in total. The van der Waals surface area contributed by atoms with Crippen LogP contribution in [0.4, 0.5) is 4.79 Å². The van der Waals surface area contributed by atoms with Crippen LogP contribution in [0, 0.1) is 5.92 Å². The van der Waals surface area contributed by atoms with Crippen molar-refractivity contribution in [1.29, 1.82) is 0 Å². The average molecular weight is 284 g/mol. The zero-order chi connectivity index (χ0) is 15.2. The zero-order valence-corrected chi connectivity index (χ0v) is 13.9. The Labute approximate surface area is 124 Å². The number of hydrogen-bond acceptors (Lipinski definition) is 3. The van der Waals surface area contributed by atoms with Crippen molar-refractivity contribution in [2.24, 2.45) is 5.92 Å². The number of ether oxygens (including phenoxy) is 1. The lowest BCUT2D eigenvalue weighted by Crippen LogP contribution is -2.50. The van der Waals surface area contributed by atoms with Crippen molar-refractivity contribution in [2.45, 2.75) is 71.9 Å². The van der Waals surface area contributed by atoms with E-state index in [9.17, 15) is 4.79 Å². The van der Waals surface area contributed by atoms with Crippen LogP contribution in [0.3, 0.4) is 0 Å². The maximum absolute atomic E-state index is 12.3. The third kappa shape index (κ3) is 6.12. The molecule has 1 rings (SSSR count). The SMILES string of the molecule is CCC(C)CNCC1CCCCN1C(=O)OC(C)(C)C. The Morgan fingerprint density at radius 3 is 2.70 bits per heavy atom. The van der Waals surface area contributed by atoms with Gasteiger partial charge in [0.15, 0.2) is 0 Å². The second-order valence-corrected chi connectivity index (χ2v) is 7.00. The number of amides is 1. The van der Waals surface area contributed by atoms with E-state index in [1.54, 1.807) is 0 Å². The maximum atomic E-state index is 12.3. The second-order valence-electron chi connectivity index (χ2n) is 7.00. The lowest BCUT2D eigenvalue weighted by atomic mass is 10.0. The van der Waals surface area contributed by atoms with Gasteiger partial charge in [0.05, 0.1) is 0 Å². The van der Waals surface area contributed by atoms with Gasteiger partial charge in [-0.3, -0.25) is 0 Å². The fourth-order valence-electron chi connectivity index (χ4n) is 2.41. The van der Waals surface area contributed by atoms with Crippen molar-refractivity contribution < 1.29 is 9.53 Å². The normalized spacial score (nSPS) is 21.6. The van der Waals surface area contributed by atoms with E-state index in [0.717, 1.165) is 32.5 Å². The fraction of sp³-hybridized carbons (Fsp3) is 0.938. The molecule has 0 aliphatic carbocycles. The van der Waals surface area contributed by atoms with Crippen molar-refractivity contribution in [3.8, 4) is 0 Å². The minimum absolute atomic E-state index is 0.160. The molecular formula is C16H32N2O2. The van der Waals surface area contributed by atoms with Gasteiger partial charge >= 0.3 is 6.09 Å². The number of carbonyl (C=O) groups is 1. The molecule has 118 valence electrons.